The van der Waals surface area contributed by atoms with Crippen molar-refractivity contribution in [2.75, 3.05) is 14.2 Å². The molecule has 0 aromatic rings. The summed E-state index contributed by atoms with van der Waals surface area (Å²) in [5.41, 5.74) is 0. The molecule has 0 amide bonds. The monoisotopic (exact) mass is 154 g/mol. The summed E-state index contributed by atoms with van der Waals surface area (Å²) in [4.78, 5) is 0. The lowest BCUT2D eigenvalue weighted by molar-refractivity contribution is -0.0666. The third-order valence-electron chi connectivity index (χ3n) is 1.09. The molecule has 0 aromatic heterocycles. The number of rotatable bonds is 5. The summed E-state index contributed by atoms with van der Waals surface area (Å²) in [5, 5.41) is 0. The van der Waals surface area contributed by atoms with Crippen LogP contribution in [0.2, 0.25) is 0 Å². The fourth-order valence-electron chi connectivity index (χ4n) is 0.551. The van der Waals surface area contributed by atoms with Crippen LogP contribution in [0.1, 0.15) is 0 Å². The molecule has 11 heavy (non-hydrogen) atoms. The van der Waals surface area contributed by atoms with Gasteiger partial charge in [0, 0.05) is 14.2 Å². The molecule has 0 aliphatic rings. The molecular weight excluding hydrogens is 140 g/mol. The zero-order valence-electron chi connectivity index (χ0n) is 6.99. The minimum atomic E-state index is -0.260. The molecule has 0 bridgehead atoms. The standard InChI is InChI=1S/C9H14O2/c1-4-5-6-7-8-9(10-2)11-3/h4-9H,1H2,2-3H3. The maximum atomic E-state index is 4.91. The maximum absolute atomic E-state index is 4.91. The maximum Gasteiger partial charge on any atom is 0.176 e. The average molecular weight is 154 g/mol. The van der Waals surface area contributed by atoms with Gasteiger partial charge in [0.1, 0.15) is 0 Å². The Labute approximate surface area is 67.8 Å². The fraction of sp³-hybridized carbons (Fsp3) is 0.333. The average Bonchev–Trinajstić information content (AvgIpc) is 2.05. The van der Waals surface area contributed by atoms with Crippen LogP contribution in [0.25, 0.3) is 0 Å². The molecule has 0 heterocycles. The van der Waals surface area contributed by atoms with Gasteiger partial charge in [-0.3, -0.25) is 0 Å². The summed E-state index contributed by atoms with van der Waals surface area (Å²) >= 11 is 0. The van der Waals surface area contributed by atoms with E-state index in [9.17, 15) is 0 Å². The molecule has 0 aliphatic carbocycles. The summed E-state index contributed by atoms with van der Waals surface area (Å²) in [6.07, 6.45) is 8.79. The van der Waals surface area contributed by atoms with E-state index in [1.54, 1.807) is 26.4 Å². The molecular formula is C9H14O2. The molecule has 0 saturated heterocycles. The van der Waals surface area contributed by atoms with Crippen molar-refractivity contribution in [3.63, 3.8) is 0 Å². The van der Waals surface area contributed by atoms with E-state index in [2.05, 4.69) is 6.58 Å². The molecule has 0 N–H and O–H groups in total. The number of methoxy groups -OCH3 is 2. The Morgan fingerprint density at radius 2 is 1.73 bits per heavy atom. The second-order valence-corrected chi connectivity index (χ2v) is 1.85. The van der Waals surface area contributed by atoms with Crippen molar-refractivity contribution in [3.05, 3.63) is 37.0 Å². The van der Waals surface area contributed by atoms with Gasteiger partial charge in [-0.1, -0.05) is 30.9 Å². The largest absolute Gasteiger partial charge is 0.352 e. The highest BCUT2D eigenvalue weighted by molar-refractivity contribution is 5.09. The molecule has 0 aliphatic heterocycles. The van der Waals surface area contributed by atoms with Gasteiger partial charge in [-0.25, -0.2) is 0 Å². The first kappa shape index (κ1) is 10.1. The zero-order valence-corrected chi connectivity index (χ0v) is 6.99. The van der Waals surface area contributed by atoms with Crippen molar-refractivity contribution >= 4 is 0 Å². The fourth-order valence-corrected chi connectivity index (χ4v) is 0.551. The Hall–Kier alpha value is -0.860. The first-order chi connectivity index (χ1) is 5.35. The molecule has 2 heteroatoms. The lowest BCUT2D eigenvalue weighted by Gasteiger charge is -2.05. The van der Waals surface area contributed by atoms with Crippen molar-refractivity contribution in [1.82, 2.24) is 0 Å². The van der Waals surface area contributed by atoms with Crippen LogP contribution < -0.4 is 0 Å². The molecule has 2 nitrogen and oxygen atoms in total. The summed E-state index contributed by atoms with van der Waals surface area (Å²) < 4.78 is 9.82. The normalized spacial score (nSPS) is 11.9. The van der Waals surface area contributed by atoms with E-state index in [0.29, 0.717) is 0 Å². The van der Waals surface area contributed by atoms with E-state index >= 15 is 0 Å². The van der Waals surface area contributed by atoms with Crippen LogP contribution in [0.5, 0.6) is 0 Å². The topological polar surface area (TPSA) is 18.5 Å². The Morgan fingerprint density at radius 3 is 2.18 bits per heavy atom. The Morgan fingerprint density at radius 1 is 1.09 bits per heavy atom. The third-order valence-corrected chi connectivity index (χ3v) is 1.09. The van der Waals surface area contributed by atoms with Crippen LogP contribution in [-0.2, 0) is 9.47 Å². The molecule has 0 aromatic carbocycles. The van der Waals surface area contributed by atoms with Crippen molar-refractivity contribution in [2.45, 2.75) is 6.29 Å². The molecule has 0 rings (SSSR count). The number of allylic oxidation sites excluding steroid dienone is 4. The zero-order chi connectivity index (χ0) is 8.53. The van der Waals surface area contributed by atoms with Gasteiger partial charge in [0.2, 0.25) is 0 Å². The van der Waals surface area contributed by atoms with Crippen LogP contribution in [0.3, 0.4) is 0 Å². The minimum absolute atomic E-state index is 0.260. The quantitative estimate of drug-likeness (QED) is 0.445. The Kier molecular flexibility index (Phi) is 6.68. The van der Waals surface area contributed by atoms with Crippen molar-refractivity contribution < 1.29 is 9.47 Å². The van der Waals surface area contributed by atoms with Gasteiger partial charge in [0.15, 0.2) is 6.29 Å². The summed E-state index contributed by atoms with van der Waals surface area (Å²) in [6, 6.07) is 0. The lowest BCUT2D eigenvalue weighted by Crippen LogP contribution is -2.08. The smallest absolute Gasteiger partial charge is 0.176 e. The second kappa shape index (κ2) is 7.25. The predicted octanol–water partition coefficient (Wildman–Crippen LogP) is 1.90. The highest BCUT2D eigenvalue weighted by Crippen LogP contribution is 1.92. The van der Waals surface area contributed by atoms with Gasteiger partial charge in [0.05, 0.1) is 0 Å². The van der Waals surface area contributed by atoms with E-state index in [-0.39, 0.29) is 6.29 Å². The molecule has 0 unspecified atom stereocenters. The van der Waals surface area contributed by atoms with Crippen molar-refractivity contribution in [1.29, 1.82) is 0 Å². The van der Waals surface area contributed by atoms with Gasteiger partial charge in [-0.2, -0.15) is 0 Å². The van der Waals surface area contributed by atoms with Gasteiger partial charge >= 0.3 is 0 Å². The molecule has 0 spiro atoms. The minimum Gasteiger partial charge on any atom is -0.352 e. The Balaban J connectivity index is 3.69. The molecule has 62 valence electrons. The first-order valence-corrected chi connectivity index (χ1v) is 3.36. The first-order valence-electron chi connectivity index (χ1n) is 3.36. The molecule has 0 saturated carbocycles. The van der Waals surface area contributed by atoms with Crippen LogP contribution in [0.4, 0.5) is 0 Å². The molecule has 0 atom stereocenters. The highest BCUT2D eigenvalue weighted by atomic mass is 16.7. The second-order valence-electron chi connectivity index (χ2n) is 1.85. The SMILES string of the molecule is C=CC=CC=CC(OC)OC. The van der Waals surface area contributed by atoms with Crippen LogP contribution in [-0.4, -0.2) is 20.5 Å². The van der Waals surface area contributed by atoms with E-state index in [1.807, 2.05) is 18.2 Å². The van der Waals surface area contributed by atoms with E-state index in [1.165, 1.54) is 0 Å². The van der Waals surface area contributed by atoms with Gasteiger partial charge in [-0.15, -0.1) is 0 Å². The van der Waals surface area contributed by atoms with Gasteiger partial charge < -0.3 is 9.47 Å². The number of hydrogen-bond donors (Lipinski definition) is 0. The van der Waals surface area contributed by atoms with Crippen molar-refractivity contribution in [3.8, 4) is 0 Å². The van der Waals surface area contributed by atoms with E-state index < -0.39 is 0 Å². The number of hydrogen-bond acceptors (Lipinski definition) is 2. The summed E-state index contributed by atoms with van der Waals surface area (Å²) in [7, 11) is 3.19. The van der Waals surface area contributed by atoms with Gasteiger partial charge in [-0.05, 0) is 6.08 Å². The summed E-state index contributed by atoms with van der Waals surface area (Å²) in [5.74, 6) is 0. The van der Waals surface area contributed by atoms with Crippen LogP contribution in [0.15, 0.2) is 37.0 Å². The molecule has 0 fully saturated rings. The Bertz CT molecular complexity index is 144. The highest BCUT2D eigenvalue weighted by Gasteiger charge is 1.94. The van der Waals surface area contributed by atoms with Gasteiger partial charge in [0.25, 0.3) is 0 Å². The number of ether oxygens (including phenoxy) is 2. The third kappa shape index (κ3) is 5.58. The van der Waals surface area contributed by atoms with Crippen LogP contribution in [0, 0.1) is 0 Å². The predicted molar refractivity (Wildman–Crippen MR) is 46.3 cm³/mol. The van der Waals surface area contributed by atoms with E-state index in [4.69, 9.17) is 9.47 Å². The van der Waals surface area contributed by atoms with Crippen LogP contribution >= 0.6 is 0 Å². The van der Waals surface area contributed by atoms with E-state index in [0.717, 1.165) is 0 Å². The molecule has 0 radical (unpaired) electrons. The lowest BCUT2D eigenvalue weighted by atomic mass is 10.4. The van der Waals surface area contributed by atoms with Crippen molar-refractivity contribution in [2.24, 2.45) is 0 Å². The summed E-state index contributed by atoms with van der Waals surface area (Å²) in [6.45, 7) is 3.53.